The maximum atomic E-state index is 5.77. The molecule has 0 unspecified atom stereocenters. The van der Waals surface area contributed by atoms with Crippen molar-refractivity contribution in [3.8, 4) is 0 Å². The van der Waals surface area contributed by atoms with E-state index in [0.717, 1.165) is 24.0 Å². The van der Waals surface area contributed by atoms with Crippen molar-refractivity contribution in [3.63, 3.8) is 0 Å². The largest absolute Gasteiger partial charge is 0.359 e. The number of rotatable bonds is 4. The van der Waals surface area contributed by atoms with Crippen LogP contribution in [0.1, 0.15) is 25.0 Å². The molecule has 2 nitrogen and oxygen atoms in total. The zero-order valence-electron chi connectivity index (χ0n) is 9.12. The molecule has 0 N–H and O–H groups in total. The predicted molar refractivity (Wildman–Crippen MR) is 64.4 cm³/mol. The van der Waals surface area contributed by atoms with Gasteiger partial charge in [0.15, 0.2) is 0 Å². The highest BCUT2D eigenvalue weighted by atomic mass is 35.5. The summed E-state index contributed by atoms with van der Waals surface area (Å²) >= 11 is 5.77. The minimum absolute atomic E-state index is 0.491. The third-order valence-electron chi connectivity index (χ3n) is 3.08. The molecule has 0 spiro atoms. The predicted octanol–water partition coefficient (Wildman–Crippen LogP) is 3.06. The lowest BCUT2D eigenvalue weighted by Crippen LogP contribution is -2.29. The van der Waals surface area contributed by atoms with E-state index in [1.54, 1.807) is 0 Å². The van der Waals surface area contributed by atoms with E-state index in [1.807, 2.05) is 12.1 Å². The summed E-state index contributed by atoms with van der Waals surface area (Å²) < 4.78 is 0. The molecular formula is C12H17ClN2. The van der Waals surface area contributed by atoms with Crippen LogP contribution in [0.4, 0.5) is 5.82 Å². The zero-order chi connectivity index (χ0) is 10.7. The Bertz CT molecular complexity index is 323. The van der Waals surface area contributed by atoms with Gasteiger partial charge in [-0.05, 0) is 30.9 Å². The average Bonchev–Trinajstić information content (AvgIpc) is 2.23. The monoisotopic (exact) mass is 224 g/mol. The Labute approximate surface area is 96.3 Å². The molecule has 2 rings (SSSR count). The molecule has 1 aliphatic rings. The number of hydrogen-bond donors (Lipinski definition) is 0. The van der Waals surface area contributed by atoms with E-state index in [9.17, 15) is 0 Å². The standard InChI is InChI=1S/C12H17ClN2/c1-15(9-10-4-2-5-10)12-7-3-6-11(8-13)14-12/h3,6-7,10H,2,4-5,8-9H2,1H3. The van der Waals surface area contributed by atoms with Crippen LogP contribution in [0.15, 0.2) is 18.2 Å². The van der Waals surface area contributed by atoms with E-state index in [-0.39, 0.29) is 0 Å². The Kier molecular flexibility index (Phi) is 3.47. The number of anilines is 1. The smallest absolute Gasteiger partial charge is 0.128 e. The summed E-state index contributed by atoms with van der Waals surface area (Å²) in [6.07, 6.45) is 4.15. The van der Waals surface area contributed by atoms with E-state index in [1.165, 1.54) is 19.3 Å². The van der Waals surface area contributed by atoms with Crippen molar-refractivity contribution in [2.24, 2.45) is 5.92 Å². The van der Waals surface area contributed by atoms with Crippen molar-refractivity contribution in [2.75, 3.05) is 18.5 Å². The van der Waals surface area contributed by atoms with Gasteiger partial charge in [-0.2, -0.15) is 0 Å². The fraction of sp³-hybridized carbons (Fsp3) is 0.583. The van der Waals surface area contributed by atoms with Gasteiger partial charge in [0.2, 0.25) is 0 Å². The second kappa shape index (κ2) is 4.84. The SMILES string of the molecule is CN(CC1CCC1)c1cccc(CCl)n1. The summed E-state index contributed by atoms with van der Waals surface area (Å²) in [5, 5.41) is 0. The third-order valence-corrected chi connectivity index (χ3v) is 3.35. The molecule has 0 bridgehead atoms. The van der Waals surface area contributed by atoms with Gasteiger partial charge in [-0.15, -0.1) is 11.6 Å². The highest BCUT2D eigenvalue weighted by Gasteiger charge is 2.19. The Morgan fingerprint density at radius 2 is 2.27 bits per heavy atom. The maximum Gasteiger partial charge on any atom is 0.128 e. The average molecular weight is 225 g/mol. The van der Waals surface area contributed by atoms with Crippen LogP contribution in [0.5, 0.6) is 0 Å². The minimum Gasteiger partial charge on any atom is -0.359 e. The molecule has 0 amide bonds. The van der Waals surface area contributed by atoms with Crippen LogP contribution < -0.4 is 4.90 Å². The van der Waals surface area contributed by atoms with Gasteiger partial charge in [-0.1, -0.05) is 12.5 Å². The van der Waals surface area contributed by atoms with E-state index in [4.69, 9.17) is 11.6 Å². The van der Waals surface area contributed by atoms with Crippen LogP contribution in [-0.4, -0.2) is 18.6 Å². The third kappa shape index (κ3) is 2.63. The van der Waals surface area contributed by atoms with Crippen LogP contribution in [0, 0.1) is 5.92 Å². The van der Waals surface area contributed by atoms with Crippen LogP contribution in [0.25, 0.3) is 0 Å². The molecule has 0 radical (unpaired) electrons. The van der Waals surface area contributed by atoms with Gasteiger partial charge in [-0.3, -0.25) is 0 Å². The Morgan fingerprint density at radius 1 is 1.47 bits per heavy atom. The summed E-state index contributed by atoms with van der Waals surface area (Å²) in [5.74, 6) is 2.40. The number of aromatic nitrogens is 1. The fourth-order valence-electron chi connectivity index (χ4n) is 1.91. The summed E-state index contributed by atoms with van der Waals surface area (Å²) in [5.41, 5.74) is 0.953. The topological polar surface area (TPSA) is 16.1 Å². The van der Waals surface area contributed by atoms with Crippen molar-refractivity contribution < 1.29 is 0 Å². The van der Waals surface area contributed by atoms with Gasteiger partial charge in [0.1, 0.15) is 5.82 Å². The van der Waals surface area contributed by atoms with E-state index >= 15 is 0 Å². The minimum atomic E-state index is 0.491. The molecule has 0 saturated heterocycles. The van der Waals surface area contributed by atoms with Crippen LogP contribution in [-0.2, 0) is 5.88 Å². The first-order valence-corrected chi connectivity index (χ1v) is 6.06. The molecule has 1 aliphatic carbocycles. The van der Waals surface area contributed by atoms with Gasteiger partial charge in [0, 0.05) is 13.6 Å². The first-order valence-electron chi connectivity index (χ1n) is 5.52. The summed E-state index contributed by atoms with van der Waals surface area (Å²) in [6.45, 7) is 1.12. The first kappa shape index (κ1) is 10.7. The van der Waals surface area contributed by atoms with E-state index in [2.05, 4.69) is 23.0 Å². The molecule has 1 aromatic rings. The zero-order valence-corrected chi connectivity index (χ0v) is 9.87. The van der Waals surface area contributed by atoms with Crippen LogP contribution >= 0.6 is 11.6 Å². The fourth-order valence-corrected chi connectivity index (χ4v) is 2.06. The second-order valence-corrected chi connectivity index (χ2v) is 4.57. The normalized spacial score (nSPS) is 16.1. The van der Waals surface area contributed by atoms with E-state index < -0.39 is 0 Å². The molecule has 0 aliphatic heterocycles. The van der Waals surface area contributed by atoms with Gasteiger partial charge < -0.3 is 4.90 Å². The summed E-state index contributed by atoms with van der Waals surface area (Å²) in [6, 6.07) is 6.04. The Morgan fingerprint density at radius 3 is 2.87 bits per heavy atom. The molecule has 1 aromatic heterocycles. The molecule has 3 heteroatoms. The highest BCUT2D eigenvalue weighted by Crippen LogP contribution is 2.27. The van der Waals surface area contributed by atoms with Crippen molar-refractivity contribution >= 4 is 17.4 Å². The van der Waals surface area contributed by atoms with Crippen LogP contribution in [0.2, 0.25) is 0 Å². The molecule has 1 fully saturated rings. The number of alkyl halides is 1. The molecular weight excluding hydrogens is 208 g/mol. The molecule has 0 atom stereocenters. The highest BCUT2D eigenvalue weighted by molar-refractivity contribution is 6.16. The molecule has 1 heterocycles. The first-order chi connectivity index (χ1) is 7.29. The van der Waals surface area contributed by atoms with Crippen LogP contribution in [0.3, 0.4) is 0 Å². The molecule has 0 aromatic carbocycles. The molecule has 15 heavy (non-hydrogen) atoms. The molecule has 82 valence electrons. The van der Waals surface area contributed by atoms with Crippen molar-refractivity contribution in [1.82, 2.24) is 4.98 Å². The quantitative estimate of drug-likeness (QED) is 0.731. The number of halogens is 1. The summed E-state index contributed by atoms with van der Waals surface area (Å²) in [4.78, 5) is 6.73. The second-order valence-electron chi connectivity index (χ2n) is 4.30. The van der Waals surface area contributed by atoms with Crippen molar-refractivity contribution in [1.29, 1.82) is 0 Å². The lowest BCUT2D eigenvalue weighted by Gasteiger charge is -2.30. The van der Waals surface area contributed by atoms with Crippen molar-refractivity contribution in [3.05, 3.63) is 23.9 Å². The van der Waals surface area contributed by atoms with Gasteiger partial charge in [0.05, 0.1) is 11.6 Å². The van der Waals surface area contributed by atoms with Crippen molar-refractivity contribution in [2.45, 2.75) is 25.1 Å². The lowest BCUT2D eigenvalue weighted by atomic mass is 9.85. The molecule has 1 saturated carbocycles. The van der Waals surface area contributed by atoms with Gasteiger partial charge in [0.25, 0.3) is 0 Å². The van der Waals surface area contributed by atoms with E-state index in [0.29, 0.717) is 5.88 Å². The number of nitrogens with zero attached hydrogens (tertiary/aromatic N) is 2. The summed E-state index contributed by atoms with van der Waals surface area (Å²) in [7, 11) is 2.11. The number of hydrogen-bond acceptors (Lipinski definition) is 2. The van der Waals surface area contributed by atoms with Gasteiger partial charge >= 0.3 is 0 Å². The Balaban J connectivity index is 1.99. The Hall–Kier alpha value is -0.760. The lowest BCUT2D eigenvalue weighted by molar-refractivity contribution is 0.321. The maximum absolute atomic E-state index is 5.77. The number of pyridine rings is 1. The van der Waals surface area contributed by atoms with Gasteiger partial charge in [-0.25, -0.2) is 4.98 Å².